The number of hydrogen-bond acceptors (Lipinski definition) is 2. The lowest BCUT2D eigenvalue weighted by Crippen LogP contribution is -2.31. The molecule has 5 heteroatoms. The number of benzene rings is 1. The Hall–Kier alpha value is -0.580. The van der Waals surface area contributed by atoms with Gasteiger partial charge in [0, 0.05) is 19.0 Å². The van der Waals surface area contributed by atoms with Gasteiger partial charge in [-0.15, -0.1) is 11.6 Å². The zero-order valence-corrected chi connectivity index (χ0v) is 13.8. The second-order valence-corrected chi connectivity index (χ2v) is 8.63. The SMILES string of the molecule is CC(C)(C)C1CCN(S(=O)(=O)c2ccccc2CCl)C1. The monoisotopic (exact) mass is 315 g/mol. The lowest BCUT2D eigenvalue weighted by atomic mass is 9.80. The van der Waals surface area contributed by atoms with Gasteiger partial charge in [0.05, 0.1) is 4.90 Å². The highest BCUT2D eigenvalue weighted by atomic mass is 35.5. The van der Waals surface area contributed by atoms with Gasteiger partial charge in [0.15, 0.2) is 0 Å². The molecule has 20 heavy (non-hydrogen) atoms. The van der Waals surface area contributed by atoms with E-state index in [9.17, 15) is 8.42 Å². The Morgan fingerprint density at radius 1 is 1.30 bits per heavy atom. The first-order chi connectivity index (χ1) is 9.26. The summed E-state index contributed by atoms with van der Waals surface area (Å²) in [4.78, 5) is 0.351. The van der Waals surface area contributed by atoms with Crippen molar-refractivity contribution in [1.82, 2.24) is 4.31 Å². The molecular weight excluding hydrogens is 294 g/mol. The van der Waals surface area contributed by atoms with Crippen LogP contribution in [0.1, 0.15) is 32.8 Å². The van der Waals surface area contributed by atoms with Gasteiger partial charge in [-0.2, -0.15) is 4.31 Å². The van der Waals surface area contributed by atoms with Crippen LogP contribution in [0.5, 0.6) is 0 Å². The van der Waals surface area contributed by atoms with E-state index >= 15 is 0 Å². The van der Waals surface area contributed by atoms with E-state index in [-0.39, 0.29) is 11.3 Å². The molecule has 1 unspecified atom stereocenters. The molecule has 0 aromatic heterocycles. The average molecular weight is 316 g/mol. The molecule has 1 atom stereocenters. The number of halogens is 1. The third-order valence-electron chi connectivity index (χ3n) is 4.11. The first-order valence-corrected chi connectivity index (χ1v) is 8.88. The largest absolute Gasteiger partial charge is 0.243 e. The maximum Gasteiger partial charge on any atom is 0.243 e. The maximum absolute atomic E-state index is 12.8. The Kier molecular flexibility index (Phi) is 4.47. The van der Waals surface area contributed by atoms with E-state index in [4.69, 9.17) is 11.6 Å². The van der Waals surface area contributed by atoms with Gasteiger partial charge in [-0.1, -0.05) is 39.0 Å². The molecule has 1 aliphatic rings. The Balaban J connectivity index is 2.29. The smallest absolute Gasteiger partial charge is 0.207 e. The summed E-state index contributed by atoms with van der Waals surface area (Å²) in [6, 6.07) is 6.99. The van der Waals surface area contributed by atoms with Crippen molar-refractivity contribution in [3.8, 4) is 0 Å². The Morgan fingerprint density at radius 2 is 1.95 bits per heavy atom. The molecule has 1 fully saturated rings. The third-order valence-corrected chi connectivity index (χ3v) is 6.36. The van der Waals surface area contributed by atoms with Crippen LogP contribution in [0.3, 0.4) is 0 Å². The van der Waals surface area contributed by atoms with Crippen LogP contribution < -0.4 is 0 Å². The van der Waals surface area contributed by atoms with Gasteiger partial charge in [-0.25, -0.2) is 8.42 Å². The van der Waals surface area contributed by atoms with Crippen molar-refractivity contribution < 1.29 is 8.42 Å². The van der Waals surface area contributed by atoms with Crippen molar-refractivity contribution in [1.29, 1.82) is 0 Å². The van der Waals surface area contributed by atoms with Crippen LogP contribution >= 0.6 is 11.6 Å². The minimum atomic E-state index is -3.43. The molecule has 0 bridgehead atoms. The predicted octanol–water partition coefficient (Wildman–Crippen LogP) is 3.48. The molecule has 1 saturated heterocycles. The van der Waals surface area contributed by atoms with Gasteiger partial charge in [0.25, 0.3) is 0 Å². The average Bonchev–Trinajstić information content (AvgIpc) is 2.88. The molecule has 0 spiro atoms. The summed E-state index contributed by atoms with van der Waals surface area (Å²) in [7, 11) is -3.43. The van der Waals surface area contributed by atoms with Gasteiger partial charge < -0.3 is 0 Å². The maximum atomic E-state index is 12.8. The summed E-state index contributed by atoms with van der Waals surface area (Å²) < 4.78 is 27.1. The van der Waals surface area contributed by atoms with Gasteiger partial charge >= 0.3 is 0 Å². The molecule has 0 N–H and O–H groups in total. The zero-order valence-electron chi connectivity index (χ0n) is 12.3. The lowest BCUT2D eigenvalue weighted by Gasteiger charge is -2.27. The molecule has 1 heterocycles. The number of alkyl halides is 1. The number of sulfonamides is 1. The second kappa shape index (κ2) is 5.66. The third kappa shape index (κ3) is 3.02. The van der Waals surface area contributed by atoms with Gasteiger partial charge in [-0.3, -0.25) is 0 Å². The molecule has 112 valence electrons. The van der Waals surface area contributed by atoms with Gasteiger partial charge in [0.2, 0.25) is 10.0 Å². The van der Waals surface area contributed by atoms with Crippen molar-refractivity contribution in [2.75, 3.05) is 13.1 Å². The Bertz CT molecular complexity index is 578. The number of nitrogens with zero attached hydrogens (tertiary/aromatic N) is 1. The van der Waals surface area contributed by atoms with Crippen LogP contribution in [0, 0.1) is 11.3 Å². The van der Waals surface area contributed by atoms with Crippen LogP contribution in [0.25, 0.3) is 0 Å². The minimum Gasteiger partial charge on any atom is -0.207 e. The predicted molar refractivity (Wildman–Crippen MR) is 82.3 cm³/mol. The summed E-state index contributed by atoms with van der Waals surface area (Å²) >= 11 is 5.86. The second-order valence-electron chi connectivity index (χ2n) is 6.46. The first-order valence-electron chi connectivity index (χ1n) is 6.91. The number of rotatable bonds is 3. The normalized spacial score (nSPS) is 21.3. The fourth-order valence-corrected chi connectivity index (χ4v) is 4.69. The Morgan fingerprint density at radius 3 is 2.50 bits per heavy atom. The van der Waals surface area contributed by atoms with Gasteiger partial charge in [-0.05, 0) is 29.4 Å². The highest BCUT2D eigenvalue weighted by molar-refractivity contribution is 7.89. The topological polar surface area (TPSA) is 37.4 Å². The highest BCUT2D eigenvalue weighted by Gasteiger charge is 2.38. The van der Waals surface area contributed by atoms with E-state index in [1.807, 2.05) is 6.07 Å². The van der Waals surface area contributed by atoms with E-state index in [0.717, 1.165) is 6.42 Å². The van der Waals surface area contributed by atoms with Crippen molar-refractivity contribution in [2.24, 2.45) is 11.3 Å². The fraction of sp³-hybridized carbons (Fsp3) is 0.600. The molecular formula is C15H22ClNO2S. The van der Waals surface area contributed by atoms with Gasteiger partial charge in [0.1, 0.15) is 0 Å². The van der Waals surface area contributed by atoms with E-state index in [0.29, 0.717) is 29.5 Å². The van der Waals surface area contributed by atoms with Crippen LogP contribution in [0.4, 0.5) is 0 Å². The molecule has 1 aliphatic heterocycles. The van der Waals surface area contributed by atoms with E-state index in [1.165, 1.54) is 0 Å². The summed E-state index contributed by atoms with van der Waals surface area (Å²) in [6.45, 7) is 7.70. The van der Waals surface area contributed by atoms with Crippen molar-refractivity contribution in [2.45, 2.75) is 38.0 Å². The zero-order chi connectivity index (χ0) is 15.0. The van der Waals surface area contributed by atoms with Crippen molar-refractivity contribution >= 4 is 21.6 Å². The minimum absolute atomic E-state index is 0.135. The molecule has 3 nitrogen and oxygen atoms in total. The highest BCUT2D eigenvalue weighted by Crippen LogP contribution is 2.36. The van der Waals surface area contributed by atoms with Crippen molar-refractivity contribution in [3.63, 3.8) is 0 Å². The van der Waals surface area contributed by atoms with E-state index < -0.39 is 10.0 Å². The fourth-order valence-electron chi connectivity index (χ4n) is 2.66. The molecule has 0 amide bonds. The number of hydrogen-bond donors (Lipinski definition) is 0. The van der Waals surface area contributed by atoms with Crippen LogP contribution in [0.15, 0.2) is 29.2 Å². The lowest BCUT2D eigenvalue weighted by molar-refractivity contribution is 0.252. The Labute approximate surface area is 127 Å². The molecule has 0 saturated carbocycles. The molecule has 2 rings (SSSR count). The standard InChI is InChI=1S/C15H22ClNO2S/c1-15(2,3)13-8-9-17(11-13)20(18,19)14-7-5-4-6-12(14)10-16/h4-7,13H,8-11H2,1-3H3. The summed E-state index contributed by atoms with van der Waals surface area (Å²) in [6.07, 6.45) is 0.922. The summed E-state index contributed by atoms with van der Waals surface area (Å²) in [5.41, 5.74) is 0.810. The molecule has 0 radical (unpaired) electrons. The quantitative estimate of drug-likeness (QED) is 0.801. The molecule has 0 aliphatic carbocycles. The van der Waals surface area contributed by atoms with Crippen LogP contribution in [0.2, 0.25) is 0 Å². The van der Waals surface area contributed by atoms with Crippen LogP contribution in [-0.2, 0) is 15.9 Å². The summed E-state index contributed by atoms with van der Waals surface area (Å²) in [5.74, 6) is 0.617. The van der Waals surface area contributed by atoms with E-state index in [1.54, 1.807) is 22.5 Å². The van der Waals surface area contributed by atoms with E-state index in [2.05, 4.69) is 20.8 Å². The summed E-state index contributed by atoms with van der Waals surface area (Å²) in [5, 5.41) is 0. The van der Waals surface area contributed by atoms with Crippen LogP contribution in [-0.4, -0.2) is 25.8 Å². The van der Waals surface area contributed by atoms with Crippen molar-refractivity contribution in [3.05, 3.63) is 29.8 Å². The molecule has 1 aromatic rings. The first kappa shape index (κ1) is 15.8. The molecule has 1 aromatic carbocycles.